The highest BCUT2D eigenvalue weighted by Gasteiger charge is 2.08. The van der Waals surface area contributed by atoms with E-state index in [1.807, 2.05) is 30.3 Å². The van der Waals surface area contributed by atoms with Gasteiger partial charge in [-0.05, 0) is 46.3 Å². The summed E-state index contributed by atoms with van der Waals surface area (Å²) in [6, 6.07) is 12.7. The van der Waals surface area contributed by atoms with E-state index in [0.29, 0.717) is 22.5 Å². The van der Waals surface area contributed by atoms with Crippen molar-refractivity contribution in [1.29, 1.82) is 0 Å². The normalized spacial score (nSPS) is 10.4. The Balaban J connectivity index is 2.06. The van der Waals surface area contributed by atoms with Gasteiger partial charge in [0.1, 0.15) is 18.2 Å². The largest absolute Gasteiger partial charge is 0.480 e. The summed E-state index contributed by atoms with van der Waals surface area (Å²) in [5, 5.41) is 0.569. The number of rotatable bonds is 3. The summed E-state index contributed by atoms with van der Waals surface area (Å²) in [6.07, 6.45) is 5.18. The minimum atomic E-state index is -0.163. The molecule has 0 aliphatic heterocycles. The molecule has 0 aliphatic carbocycles. The van der Waals surface area contributed by atoms with Crippen LogP contribution in [0.2, 0.25) is 0 Å². The minimum absolute atomic E-state index is 0.163. The molecule has 0 amide bonds. The number of nitrogens with one attached hydrogen (secondary N) is 1. The van der Waals surface area contributed by atoms with Crippen LogP contribution in [-0.2, 0) is 0 Å². The Morgan fingerprint density at radius 2 is 2.09 bits per heavy atom. The fourth-order valence-corrected chi connectivity index (χ4v) is 2.60. The molecule has 0 spiro atoms. The molecule has 108 valence electrons. The number of nitrogens with zero attached hydrogens (tertiary/aromatic N) is 1. The lowest BCUT2D eigenvalue weighted by molar-refractivity contribution is 0.368. The highest BCUT2D eigenvalue weighted by atomic mass is 79.9. The van der Waals surface area contributed by atoms with Crippen LogP contribution in [0, 0.1) is 12.3 Å². The van der Waals surface area contributed by atoms with Gasteiger partial charge in [-0.3, -0.25) is 4.79 Å². The molecular formula is C17H11BrN2O2. The second-order valence-electron chi connectivity index (χ2n) is 4.57. The SMILES string of the molecule is C#CCOc1ccc(-c2nc3ccccc3c(=O)[nH]2)cc1Br. The van der Waals surface area contributed by atoms with E-state index in [9.17, 15) is 4.79 Å². The zero-order valence-corrected chi connectivity index (χ0v) is 13.1. The second kappa shape index (κ2) is 6.04. The van der Waals surface area contributed by atoms with E-state index in [1.54, 1.807) is 12.1 Å². The van der Waals surface area contributed by atoms with Gasteiger partial charge in [-0.15, -0.1) is 6.42 Å². The molecule has 1 heterocycles. The molecule has 0 aliphatic rings. The first-order valence-corrected chi connectivity index (χ1v) is 7.33. The molecule has 3 aromatic rings. The van der Waals surface area contributed by atoms with Crippen LogP contribution in [0.4, 0.5) is 0 Å². The van der Waals surface area contributed by atoms with Crippen LogP contribution in [-0.4, -0.2) is 16.6 Å². The van der Waals surface area contributed by atoms with Gasteiger partial charge in [-0.25, -0.2) is 4.98 Å². The van der Waals surface area contributed by atoms with Crippen LogP contribution in [0.25, 0.3) is 22.3 Å². The van der Waals surface area contributed by atoms with Gasteiger partial charge in [0, 0.05) is 5.56 Å². The predicted octanol–water partition coefficient (Wildman–Crippen LogP) is 3.36. The summed E-state index contributed by atoms with van der Waals surface area (Å²) in [5.41, 5.74) is 1.28. The van der Waals surface area contributed by atoms with E-state index >= 15 is 0 Å². The monoisotopic (exact) mass is 354 g/mol. The average molecular weight is 355 g/mol. The molecule has 22 heavy (non-hydrogen) atoms. The Morgan fingerprint density at radius 3 is 2.86 bits per heavy atom. The highest BCUT2D eigenvalue weighted by molar-refractivity contribution is 9.10. The van der Waals surface area contributed by atoms with Crippen molar-refractivity contribution in [2.75, 3.05) is 6.61 Å². The molecule has 0 bridgehead atoms. The van der Waals surface area contributed by atoms with Crippen molar-refractivity contribution < 1.29 is 4.74 Å². The molecule has 0 fully saturated rings. The van der Waals surface area contributed by atoms with Crippen molar-refractivity contribution >= 4 is 26.8 Å². The van der Waals surface area contributed by atoms with Crippen molar-refractivity contribution in [3.05, 3.63) is 57.3 Å². The number of hydrogen-bond acceptors (Lipinski definition) is 3. The van der Waals surface area contributed by atoms with Gasteiger partial charge >= 0.3 is 0 Å². The summed E-state index contributed by atoms with van der Waals surface area (Å²) < 4.78 is 6.14. The molecule has 0 saturated carbocycles. The Morgan fingerprint density at radius 1 is 1.27 bits per heavy atom. The zero-order chi connectivity index (χ0) is 15.5. The summed E-state index contributed by atoms with van der Waals surface area (Å²) >= 11 is 3.43. The first-order valence-electron chi connectivity index (χ1n) is 6.54. The van der Waals surface area contributed by atoms with Gasteiger partial charge in [0.25, 0.3) is 5.56 Å². The van der Waals surface area contributed by atoms with Crippen LogP contribution in [0.15, 0.2) is 51.7 Å². The Bertz CT molecular complexity index is 941. The lowest BCUT2D eigenvalue weighted by Crippen LogP contribution is -2.09. The van der Waals surface area contributed by atoms with Crippen molar-refractivity contribution in [2.24, 2.45) is 0 Å². The quantitative estimate of drug-likeness (QED) is 0.733. The maximum absolute atomic E-state index is 12.1. The fourth-order valence-electron chi connectivity index (χ4n) is 2.11. The molecule has 0 unspecified atom stereocenters. The van der Waals surface area contributed by atoms with Gasteiger partial charge < -0.3 is 9.72 Å². The number of hydrogen-bond donors (Lipinski definition) is 1. The molecule has 0 atom stereocenters. The van der Waals surface area contributed by atoms with E-state index in [-0.39, 0.29) is 12.2 Å². The molecule has 5 heteroatoms. The Kier molecular flexibility index (Phi) is 3.94. The van der Waals surface area contributed by atoms with E-state index in [1.165, 1.54) is 0 Å². The summed E-state index contributed by atoms with van der Waals surface area (Å²) in [4.78, 5) is 19.4. The van der Waals surface area contributed by atoms with Crippen LogP contribution in [0.3, 0.4) is 0 Å². The van der Waals surface area contributed by atoms with Crippen LogP contribution in [0.1, 0.15) is 0 Å². The number of aromatic nitrogens is 2. The van der Waals surface area contributed by atoms with Gasteiger partial charge in [-0.2, -0.15) is 0 Å². The maximum Gasteiger partial charge on any atom is 0.259 e. The third-order valence-corrected chi connectivity index (χ3v) is 3.75. The Labute approximate surface area is 135 Å². The molecule has 1 aromatic heterocycles. The summed E-state index contributed by atoms with van der Waals surface area (Å²) in [7, 11) is 0. The third kappa shape index (κ3) is 2.74. The number of fused-ring (bicyclic) bond motifs is 1. The first-order chi connectivity index (χ1) is 10.7. The third-order valence-electron chi connectivity index (χ3n) is 3.13. The molecule has 3 rings (SSSR count). The molecule has 0 saturated heterocycles. The smallest absolute Gasteiger partial charge is 0.259 e. The first kappa shape index (κ1) is 14.4. The van der Waals surface area contributed by atoms with Crippen LogP contribution in [0.5, 0.6) is 5.75 Å². The molecule has 2 aromatic carbocycles. The molecule has 4 nitrogen and oxygen atoms in total. The van der Waals surface area contributed by atoms with E-state index in [2.05, 4.69) is 31.8 Å². The number of terminal acetylenes is 1. The molecule has 0 radical (unpaired) electrons. The lowest BCUT2D eigenvalue weighted by atomic mass is 10.2. The number of para-hydroxylation sites is 1. The van der Waals surface area contributed by atoms with Gasteiger partial charge in [0.15, 0.2) is 0 Å². The van der Waals surface area contributed by atoms with Gasteiger partial charge in [0.2, 0.25) is 0 Å². The van der Waals surface area contributed by atoms with Crippen molar-refractivity contribution in [3.63, 3.8) is 0 Å². The number of H-pyrrole nitrogens is 1. The van der Waals surface area contributed by atoms with Crippen LogP contribution >= 0.6 is 15.9 Å². The van der Waals surface area contributed by atoms with E-state index in [0.717, 1.165) is 10.0 Å². The molecular weight excluding hydrogens is 344 g/mol. The van der Waals surface area contributed by atoms with Crippen molar-refractivity contribution in [2.45, 2.75) is 0 Å². The predicted molar refractivity (Wildman–Crippen MR) is 89.8 cm³/mol. The minimum Gasteiger partial charge on any atom is -0.480 e. The van der Waals surface area contributed by atoms with E-state index in [4.69, 9.17) is 11.2 Å². The highest BCUT2D eigenvalue weighted by Crippen LogP contribution is 2.29. The lowest BCUT2D eigenvalue weighted by Gasteiger charge is -2.08. The summed E-state index contributed by atoms with van der Waals surface area (Å²) in [5.74, 6) is 3.57. The van der Waals surface area contributed by atoms with Crippen molar-refractivity contribution in [1.82, 2.24) is 9.97 Å². The average Bonchev–Trinajstić information content (AvgIpc) is 2.53. The van der Waals surface area contributed by atoms with Gasteiger partial charge in [0.05, 0.1) is 15.4 Å². The maximum atomic E-state index is 12.1. The topological polar surface area (TPSA) is 55.0 Å². The van der Waals surface area contributed by atoms with Crippen LogP contribution < -0.4 is 10.3 Å². The standard InChI is InChI=1S/C17H11BrN2O2/c1-2-9-22-15-8-7-11(10-13(15)18)16-19-14-6-4-3-5-12(14)17(21)20-16/h1,3-8,10H,9H2,(H,19,20,21). The number of aromatic amines is 1. The number of halogens is 1. The number of ether oxygens (including phenoxy) is 1. The van der Waals surface area contributed by atoms with E-state index < -0.39 is 0 Å². The summed E-state index contributed by atoms with van der Waals surface area (Å²) in [6.45, 7) is 0.197. The zero-order valence-electron chi connectivity index (χ0n) is 11.5. The number of benzene rings is 2. The second-order valence-corrected chi connectivity index (χ2v) is 5.42. The Hall–Kier alpha value is -2.58. The fraction of sp³-hybridized carbons (Fsp3) is 0.0588. The molecule has 1 N–H and O–H groups in total. The van der Waals surface area contributed by atoms with Crippen molar-refractivity contribution in [3.8, 4) is 29.5 Å². The van der Waals surface area contributed by atoms with Gasteiger partial charge in [-0.1, -0.05) is 18.1 Å².